The largest absolute Gasteiger partial charge is 0.495 e. The number of thioether (sulfide) groups is 1. The van der Waals surface area contributed by atoms with Crippen LogP contribution in [0.1, 0.15) is 12.5 Å². The molecule has 1 N–H and O–H groups in total. The quantitative estimate of drug-likeness (QED) is 0.507. The molecule has 1 amide bonds. The number of aryl methyl sites for hydroxylation is 1. The number of nitrogens with zero attached hydrogens (tertiary/aromatic N) is 2. The van der Waals surface area contributed by atoms with Crippen molar-refractivity contribution < 1.29 is 9.53 Å². The second-order valence-electron chi connectivity index (χ2n) is 6.25. The first-order chi connectivity index (χ1) is 13.3. The minimum atomic E-state index is -0.449. The summed E-state index contributed by atoms with van der Waals surface area (Å²) < 4.78 is 6.96. The number of amides is 1. The van der Waals surface area contributed by atoms with Gasteiger partial charge in [0.05, 0.1) is 29.0 Å². The highest BCUT2D eigenvalue weighted by molar-refractivity contribution is 8.00. The SMILES string of the molecule is CNC(=O)[C@@H](C)Sc1nc2cc(Cl)ccc2c(=O)n1-c1cc(C)ccc1OC. The zero-order valence-electron chi connectivity index (χ0n) is 15.9. The molecule has 0 unspecified atom stereocenters. The molecule has 0 spiro atoms. The van der Waals surface area contributed by atoms with Crippen LogP contribution in [0.2, 0.25) is 5.02 Å². The first-order valence-electron chi connectivity index (χ1n) is 8.61. The van der Waals surface area contributed by atoms with Gasteiger partial charge >= 0.3 is 0 Å². The van der Waals surface area contributed by atoms with Gasteiger partial charge < -0.3 is 10.1 Å². The van der Waals surface area contributed by atoms with Gasteiger partial charge in [0.1, 0.15) is 5.75 Å². The lowest BCUT2D eigenvalue weighted by Gasteiger charge is -2.18. The number of carbonyl (C=O) groups excluding carboxylic acids is 1. The van der Waals surface area contributed by atoms with Gasteiger partial charge in [-0.15, -0.1) is 0 Å². The summed E-state index contributed by atoms with van der Waals surface area (Å²) in [5, 5.41) is 3.48. The van der Waals surface area contributed by atoms with Gasteiger partial charge in [0.25, 0.3) is 5.56 Å². The molecule has 3 aromatic rings. The summed E-state index contributed by atoms with van der Waals surface area (Å²) in [5.41, 5.74) is 1.77. The Balaban J connectivity index is 2.33. The van der Waals surface area contributed by atoms with E-state index < -0.39 is 5.25 Å². The Morgan fingerprint density at radius 1 is 1.29 bits per heavy atom. The maximum Gasteiger partial charge on any atom is 0.266 e. The average molecular weight is 418 g/mol. The molecule has 1 heterocycles. The summed E-state index contributed by atoms with van der Waals surface area (Å²) >= 11 is 7.29. The molecular formula is C20H20ClN3O3S. The molecule has 6 nitrogen and oxygen atoms in total. The van der Waals surface area contributed by atoms with Crippen molar-refractivity contribution in [2.24, 2.45) is 0 Å². The Hall–Kier alpha value is -2.51. The van der Waals surface area contributed by atoms with Crippen molar-refractivity contribution in [1.82, 2.24) is 14.9 Å². The second-order valence-corrected chi connectivity index (χ2v) is 7.99. The zero-order valence-corrected chi connectivity index (χ0v) is 17.5. The van der Waals surface area contributed by atoms with Crippen LogP contribution >= 0.6 is 23.4 Å². The van der Waals surface area contributed by atoms with E-state index >= 15 is 0 Å². The van der Waals surface area contributed by atoms with E-state index in [2.05, 4.69) is 10.3 Å². The minimum absolute atomic E-state index is 0.159. The van der Waals surface area contributed by atoms with Crippen LogP contribution in [-0.4, -0.2) is 34.9 Å². The predicted molar refractivity (Wildman–Crippen MR) is 113 cm³/mol. The molecule has 146 valence electrons. The summed E-state index contributed by atoms with van der Waals surface area (Å²) in [5.74, 6) is 0.380. The molecule has 2 aromatic carbocycles. The number of hydrogen-bond acceptors (Lipinski definition) is 5. The monoisotopic (exact) mass is 417 g/mol. The van der Waals surface area contributed by atoms with Gasteiger partial charge in [-0.05, 0) is 49.7 Å². The smallest absolute Gasteiger partial charge is 0.266 e. The fourth-order valence-corrected chi connectivity index (χ4v) is 3.96. The van der Waals surface area contributed by atoms with Crippen LogP contribution in [0.5, 0.6) is 5.75 Å². The highest BCUT2D eigenvalue weighted by Crippen LogP contribution is 2.30. The van der Waals surface area contributed by atoms with E-state index in [1.807, 2.05) is 19.1 Å². The van der Waals surface area contributed by atoms with Gasteiger partial charge in [-0.3, -0.25) is 14.2 Å². The lowest BCUT2D eigenvalue weighted by molar-refractivity contribution is -0.119. The number of hydrogen-bond donors (Lipinski definition) is 1. The van der Waals surface area contributed by atoms with Gasteiger partial charge in [-0.25, -0.2) is 4.98 Å². The molecule has 0 aliphatic heterocycles. The van der Waals surface area contributed by atoms with E-state index in [-0.39, 0.29) is 11.5 Å². The summed E-state index contributed by atoms with van der Waals surface area (Å²) in [4.78, 5) is 30.1. The Labute approximate surface area is 171 Å². The topological polar surface area (TPSA) is 73.2 Å². The number of rotatable bonds is 5. The van der Waals surface area contributed by atoms with Gasteiger partial charge in [0.15, 0.2) is 5.16 Å². The number of carbonyl (C=O) groups is 1. The van der Waals surface area contributed by atoms with Gasteiger partial charge in [0.2, 0.25) is 5.91 Å². The van der Waals surface area contributed by atoms with E-state index in [4.69, 9.17) is 16.3 Å². The van der Waals surface area contributed by atoms with Crippen molar-refractivity contribution >= 4 is 40.2 Å². The van der Waals surface area contributed by atoms with Crippen LogP contribution < -0.4 is 15.6 Å². The number of aromatic nitrogens is 2. The van der Waals surface area contributed by atoms with Crippen molar-refractivity contribution in [2.75, 3.05) is 14.2 Å². The maximum absolute atomic E-state index is 13.4. The first-order valence-corrected chi connectivity index (χ1v) is 9.87. The summed E-state index contributed by atoms with van der Waals surface area (Å²) in [7, 11) is 3.12. The molecule has 8 heteroatoms. The second kappa shape index (κ2) is 8.24. The molecule has 0 aliphatic rings. The first kappa shape index (κ1) is 20.2. The summed E-state index contributed by atoms with van der Waals surface area (Å²) in [6.07, 6.45) is 0. The molecule has 1 aromatic heterocycles. The van der Waals surface area contributed by atoms with Crippen LogP contribution in [-0.2, 0) is 4.79 Å². The number of halogens is 1. The number of methoxy groups -OCH3 is 1. The van der Waals surface area contributed by atoms with Crippen LogP contribution in [0.25, 0.3) is 16.6 Å². The van der Waals surface area contributed by atoms with Crippen molar-refractivity contribution in [2.45, 2.75) is 24.3 Å². The fourth-order valence-electron chi connectivity index (χ4n) is 2.82. The Morgan fingerprint density at radius 2 is 2.04 bits per heavy atom. The van der Waals surface area contributed by atoms with Gasteiger partial charge in [-0.1, -0.05) is 29.4 Å². The predicted octanol–water partition coefficient (Wildman–Crippen LogP) is 3.58. The highest BCUT2D eigenvalue weighted by Gasteiger charge is 2.21. The van der Waals surface area contributed by atoms with Crippen molar-refractivity contribution in [1.29, 1.82) is 0 Å². The van der Waals surface area contributed by atoms with Crippen LogP contribution in [0.15, 0.2) is 46.3 Å². The molecule has 1 atom stereocenters. The minimum Gasteiger partial charge on any atom is -0.495 e. The molecule has 3 rings (SSSR count). The standard InChI is InChI=1S/C20H20ClN3O3S/c1-11-5-8-17(27-4)16(9-11)24-19(26)14-7-6-13(21)10-15(14)23-20(24)28-12(2)18(25)22-3/h5-10,12H,1-4H3,(H,22,25)/t12-/m1/s1. The van der Waals surface area contributed by atoms with Crippen LogP contribution in [0, 0.1) is 6.92 Å². The van der Waals surface area contributed by atoms with Crippen molar-refractivity contribution in [3.05, 3.63) is 57.3 Å². The highest BCUT2D eigenvalue weighted by atomic mass is 35.5. The molecule has 0 saturated heterocycles. The van der Waals surface area contributed by atoms with E-state index in [1.54, 1.807) is 45.3 Å². The number of ether oxygens (including phenoxy) is 1. The third-order valence-electron chi connectivity index (χ3n) is 4.27. The van der Waals surface area contributed by atoms with Gasteiger partial charge in [0, 0.05) is 12.1 Å². The molecule has 0 saturated carbocycles. The zero-order chi connectivity index (χ0) is 20.4. The third-order valence-corrected chi connectivity index (χ3v) is 5.56. The average Bonchev–Trinajstić information content (AvgIpc) is 2.67. The number of fused-ring (bicyclic) bond motifs is 1. The van der Waals surface area contributed by atoms with Crippen LogP contribution in [0.4, 0.5) is 0 Å². The maximum atomic E-state index is 13.4. The molecule has 0 aliphatic carbocycles. The number of nitrogens with one attached hydrogen (secondary N) is 1. The molecule has 0 bridgehead atoms. The van der Waals surface area contributed by atoms with E-state index in [1.165, 1.54) is 16.3 Å². The van der Waals surface area contributed by atoms with E-state index in [0.29, 0.717) is 32.5 Å². The van der Waals surface area contributed by atoms with Crippen molar-refractivity contribution in [3.63, 3.8) is 0 Å². The third kappa shape index (κ3) is 3.86. The Kier molecular flexibility index (Phi) is 5.96. The fraction of sp³-hybridized carbons (Fsp3) is 0.250. The summed E-state index contributed by atoms with van der Waals surface area (Å²) in [6.45, 7) is 3.69. The molecule has 0 radical (unpaired) electrons. The van der Waals surface area contributed by atoms with E-state index in [0.717, 1.165) is 5.56 Å². The van der Waals surface area contributed by atoms with Crippen molar-refractivity contribution in [3.8, 4) is 11.4 Å². The molecular weight excluding hydrogens is 398 g/mol. The lowest BCUT2D eigenvalue weighted by atomic mass is 10.2. The summed E-state index contributed by atoms with van der Waals surface area (Å²) in [6, 6.07) is 10.5. The molecule has 0 fully saturated rings. The molecule has 28 heavy (non-hydrogen) atoms. The Bertz CT molecular complexity index is 1110. The number of benzene rings is 2. The Morgan fingerprint density at radius 3 is 2.71 bits per heavy atom. The van der Waals surface area contributed by atoms with Gasteiger partial charge in [-0.2, -0.15) is 0 Å². The van der Waals surface area contributed by atoms with E-state index in [9.17, 15) is 9.59 Å². The normalized spacial score (nSPS) is 12.0. The lowest BCUT2D eigenvalue weighted by Crippen LogP contribution is -2.29. The van der Waals surface area contributed by atoms with Crippen LogP contribution in [0.3, 0.4) is 0 Å².